The van der Waals surface area contributed by atoms with Gasteiger partial charge in [0.1, 0.15) is 5.82 Å². The summed E-state index contributed by atoms with van der Waals surface area (Å²) in [5.74, 6) is 0.946. The van der Waals surface area contributed by atoms with Crippen LogP contribution in [0.25, 0.3) is 11.0 Å². The standard InChI is InChI=1S/C19H25N7O3/c1-3-26-16(10-12(2)24-26)23-18-22-14-11-13(17(20)27)6-7-15(14)25(18)9-5-4-8-21-19(28)29/h6-7,10-11,21H,3-5,8-9H2,1-2H3,(H2,20,27)(H,22,23)(H,28,29). The van der Waals surface area contributed by atoms with E-state index in [2.05, 4.69) is 20.7 Å². The zero-order chi connectivity index (χ0) is 21.0. The largest absolute Gasteiger partial charge is 0.465 e. The summed E-state index contributed by atoms with van der Waals surface area (Å²) in [4.78, 5) is 26.8. The topological polar surface area (TPSA) is 140 Å². The van der Waals surface area contributed by atoms with E-state index in [-0.39, 0.29) is 0 Å². The molecule has 0 aliphatic heterocycles. The van der Waals surface area contributed by atoms with Gasteiger partial charge in [-0.3, -0.25) is 4.79 Å². The quantitative estimate of drug-likeness (QED) is 0.407. The van der Waals surface area contributed by atoms with Gasteiger partial charge < -0.3 is 26.0 Å². The number of benzene rings is 1. The summed E-state index contributed by atoms with van der Waals surface area (Å²) in [5, 5.41) is 18.8. The second-order valence-electron chi connectivity index (χ2n) is 6.71. The van der Waals surface area contributed by atoms with Crippen molar-refractivity contribution in [2.24, 2.45) is 5.73 Å². The highest BCUT2D eigenvalue weighted by atomic mass is 16.4. The van der Waals surface area contributed by atoms with Crippen LogP contribution >= 0.6 is 0 Å². The summed E-state index contributed by atoms with van der Waals surface area (Å²) in [5.41, 5.74) is 8.21. The van der Waals surface area contributed by atoms with Crippen molar-refractivity contribution in [3.8, 4) is 0 Å². The van der Waals surface area contributed by atoms with Crippen LogP contribution in [0.3, 0.4) is 0 Å². The van der Waals surface area contributed by atoms with Gasteiger partial charge in [0.25, 0.3) is 0 Å². The lowest BCUT2D eigenvalue weighted by atomic mass is 10.2. The van der Waals surface area contributed by atoms with Crippen LogP contribution in [-0.2, 0) is 13.1 Å². The number of carboxylic acid groups (broad SMARTS) is 1. The van der Waals surface area contributed by atoms with E-state index in [9.17, 15) is 9.59 Å². The molecular formula is C19H25N7O3. The second-order valence-corrected chi connectivity index (χ2v) is 6.71. The van der Waals surface area contributed by atoms with Crippen LogP contribution in [0, 0.1) is 6.92 Å². The number of amides is 2. The average molecular weight is 399 g/mol. The van der Waals surface area contributed by atoms with Crippen molar-refractivity contribution in [2.45, 2.75) is 39.8 Å². The van der Waals surface area contributed by atoms with Gasteiger partial charge in [-0.2, -0.15) is 5.10 Å². The molecule has 2 aromatic heterocycles. The van der Waals surface area contributed by atoms with E-state index in [1.165, 1.54) is 0 Å². The molecule has 0 bridgehead atoms. The van der Waals surface area contributed by atoms with Gasteiger partial charge in [0.15, 0.2) is 0 Å². The number of nitrogens with zero attached hydrogens (tertiary/aromatic N) is 4. The molecule has 29 heavy (non-hydrogen) atoms. The molecule has 0 radical (unpaired) electrons. The summed E-state index contributed by atoms with van der Waals surface area (Å²) in [6.07, 6.45) is 0.420. The molecule has 0 aliphatic rings. The summed E-state index contributed by atoms with van der Waals surface area (Å²) in [6, 6.07) is 7.12. The first kappa shape index (κ1) is 20.2. The van der Waals surface area contributed by atoms with Gasteiger partial charge in [0.2, 0.25) is 11.9 Å². The van der Waals surface area contributed by atoms with E-state index in [0.29, 0.717) is 43.1 Å². The number of nitrogens with one attached hydrogen (secondary N) is 2. The van der Waals surface area contributed by atoms with Crippen LogP contribution in [0.15, 0.2) is 24.3 Å². The van der Waals surface area contributed by atoms with Crippen molar-refractivity contribution < 1.29 is 14.7 Å². The fourth-order valence-corrected chi connectivity index (χ4v) is 3.20. The Morgan fingerprint density at radius 2 is 2.03 bits per heavy atom. The normalized spacial score (nSPS) is 11.0. The van der Waals surface area contributed by atoms with Crippen molar-refractivity contribution in [3.05, 3.63) is 35.5 Å². The first-order chi connectivity index (χ1) is 13.9. The van der Waals surface area contributed by atoms with Crippen LogP contribution in [0.5, 0.6) is 0 Å². The number of carbonyl (C=O) groups is 2. The van der Waals surface area contributed by atoms with Crippen molar-refractivity contribution in [1.29, 1.82) is 0 Å². The highest BCUT2D eigenvalue weighted by molar-refractivity contribution is 5.96. The maximum absolute atomic E-state index is 11.5. The summed E-state index contributed by atoms with van der Waals surface area (Å²) in [6.45, 7) is 5.67. The highest BCUT2D eigenvalue weighted by Gasteiger charge is 2.15. The Labute approximate surface area is 167 Å². The van der Waals surface area contributed by atoms with E-state index < -0.39 is 12.0 Å². The number of aryl methyl sites for hydroxylation is 3. The molecule has 0 fully saturated rings. The van der Waals surface area contributed by atoms with E-state index in [1.807, 2.05) is 35.2 Å². The lowest BCUT2D eigenvalue weighted by molar-refractivity contribution is 0.100. The predicted molar refractivity (Wildman–Crippen MR) is 109 cm³/mol. The molecule has 3 aromatic rings. The Hall–Kier alpha value is -3.56. The molecule has 5 N–H and O–H groups in total. The summed E-state index contributed by atoms with van der Waals surface area (Å²) in [7, 11) is 0. The minimum Gasteiger partial charge on any atom is -0.465 e. The maximum atomic E-state index is 11.5. The molecule has 3 rings (SSSR count). The van der Waals surface area contributed by atoms with E-state index in [1.54, 1.807) is 12.1 Å². The Balaban J connectivity index is 1.90. The number of hydrogen-bond acceptors (Lipinski definition) is 5. The number of aromatic nitrogens is 4. The highest BCUT2D eigenvalue weighted by Crippen LogP contribution is 2.25. The van der Waals surface area contributed by atoms with Crippen LogP contribution < -0.4 is 16.4 Å². The van der Waals surface area contributed by atoms with Gasteiger partial charge in [-0.15, -0.1) is 0 Å². The van der Waals surface area contributed by atoms with Crippen LogP contribution in [0.4, 0.5) is 16.6 Å². The number of anilines is 2. The predicted octanol–water partition coefficient (Wildman–Crippen LogP) is 2.45. The van der Waals surface area contributed by atoms with Gasteiger partial charge >= 0.3 is 6.09 Å². The number of carbonyl (C=O) groups excluding carboxylic acids is 1. The first-order valence-electron chi connectivity index (χ1n) is 9.47. The number of nitrogens with two attached hydrogens (primary N) is 1. The molecule has 154 valence electrons. The monoisotopic (exact) mass is 399 g/mol. The number of fused-ring (bicyclic) bond motifs is 1. The van der Waals surface area contributed by atoms with E-state index >= 15 is 0 Å². The Bertz CT molecular complexity index is 1040. The summed E-state index contributed by atoms with van der Waals surface area (Å²) < 4.78 is 3.87. The van der Waals surface area contributed by atoms with Gasteiger partial charge in [-0.05, 0) is 44.9 Å². The minimum atomic E-state index is -1.03. The molecular weight excluding hydrogens is 374 g/mol. The van der Waals surface area contributed by atoms with Crippen molar-refractivity contribution in [1.82, 2.24) is 24.6 Å². The zero-order valence-electron chi connectivity index (χ0n) is 16.5. The van der Waals surface area contributed by atoms with Crippen molar-refractivity contribution >= 4 is 34.8 Å². The van der Waals surface area contributed by atoms with Crippen LogP contribution in [0.1, 0.15) is 35.8 Å². The Morgan fingerprint density at radius 1 is 1.24 bits per heavy atom. The number of imidazole rings is 1. The smallest absolute Gasteiger partial charge is 0.404 e. The fraction of sp³-hybridized carbons (Fsp3) is 0.368. The van der Waals surface area contributed by atoms with Gasteiger partial charge in [0.05, 0.1) is 16.7 Å². The average Bonchev–Trinajstić information content (AvgIpc) is 3.20. The van der Waals surface area contributed by atoms with Crippen molar-refractivity contribution in [2.75, 3.05) is 11.9 Å². The molecule has 2 amide bonds. The molecule has 10 heteroatoms. The van der Waals surface area contributed by atoms with Gasteiger partial charge in [-0.25, -0.2) is 14.5 Å². The molecule has 0 unspecified atom stereocenters. The van der Waals surface area contributed by atoms with Gasteiger partial charge in [0, 0.05) is 31.3 Å². The minimum absolute atomic E-state index is 0.387. The molecule has 10 nitrogen and oxygen atoms in total. The van der Waals surface area contributed by atoms with Crippen molar-refractivity contribution in [3.63, 3.8) is 0 Å². The third-order valence-corrected chi connectivity index (χ3v) is 4.56. The van der Waals surface area contributed by atoms with Crippen LogP contribution in [-0.4, -0.2) is 43.0 Å². The second kappa shape index (κ2) is 8.63. The van der Waals surface area contributed by atoms with E-state index in [4.69, 9.17) is 10.8 Å². The molecule has 0 atom stereocenters. The molecule has 0 saturated heterocycles. The molecule has 0 saturated carbocycles. The Kier molecular flexibility index (Phi) is 6.01. The lowest BCUT2D eigenvalue weighted by Crippen LogP contribution is -2.22. The maximum Gasteiger partial charge on any atom is 0.404 e. The number of hydrogen-bond donors (Lipinski definition) is 4. The molecule has 0 aliphatic carbocycles. The molecule has 1 aromatic carbocycles. The van der Waals surface area contributed by atoms with Crippen LogP contribution in [0.2, 0.25) is 0 Å². The number of unbranched alkanes of at least 4 members (excludes halogenated alkanes) is 1. The Morgan fingerprint density at radius 3 is 2.72 bits per heavy atom. The first-order valence-corrected chi connectivity index (χ1v) is 9.47. The molecule has 2 heterocycles. The van der Waals surface area contributed by atoms with Gasteiger partial charge in [-0.1, -0.05) is 0 Å². The third-order valence-electron chi connectivity index (χ3n) is 4.56. The third kappa shape index (κ3) is 4.65. The zero-order valence-corrected chi connectivity index (χ0v) is 16.5. The fourth-order valence-electron chi connectivity index (χ4n) is 3.20. The SMILES string of the molecule is CCn1nc(C)cc1Nc1nc2cc(C(N)=O)ccc2n1CCCCNC(=O)O. The number of rotatable bonds is 9. The number of primary amides is 1. The lowest BCUT2D eigenvalue weighted by Gasteiger charge is -2.12. The summed E-state index contributed by atoms with van der Waals surface area (Å²) >= 11 is 0. The van der Waals surface area contributed by atoms with E-state index in [0.717, 1.165) is 23.4 Å². The molecule has 0 spiro atoms.